The van der Waals surface area contributed by atoms with Crippen molar-refractivity contribution >= 4 is 35.3 Å². The Morgan fingerprint density at radius 2 is 1.84 bits per heavy atom. The third-order valence-electron chi connectivity index (χ3n) is 6.38. The topological polar surface area (TPSA) is 134 Å². The largest absolute Gasteiger partial charge is 0.373 e. The van der Waals surface area contributed by atoms with E-state index in [-0.39, 0.29) is 18.2 Å². The number of amides is 3. The predicted octanol–water partition coefficient (Wildman–Crippen LogP) is 2.50. The number of primary amides is 1. The molecule has 1 atom stereocenters. The summed E-state index contributed by atoms with van der Waals surface area (Å²) in [6.45, 7) is 0.852. The second-order valence-corrected chi connectivity index (χ2v) is 8.97. The highest BCUT2D eigenvalue weighted by molar-refractivity contribution is 6.06. The SMILES string of the molecule is CN(C(=O)c1ccc2c(c1)NC(CC(N)=O)C(=O)N(CCc1ccccc1)C2)c1ccc(C=NN)cc1. The van der Waals surface area contributed by atoms with Crippen LogP contribution in [-0.4, -0.2) is 48.5 Å². The quantitative estimate of drug-likeness (QED) is 0.249. The maximum absolute atomic E-state index is 13.3. The smallest absolute Gasteiger partial charge is 0.258 e. The number of benzene rings is 3. The van der Waals surface area contributed by atoms with Gasteiger partial charge in [0.15, 0.2) is 0 Å². The standard InChI is InChI=1S/C28H30N6O3/c1-33(23-11-7-20(8-12-23)17-31-30)27(36)21-9-10-22-18-34(14-13-19-5-3-2-4-6-19)28(37)25(16-26(29)35)32-24(22)15-21/h2-12,15,17,25,32H,13-14,16,18,30H2,1H3,(H2,29,35). The lowest BCUT2D eigenvalue weighted by Gasteiger charge is -2.24. The molecular formula is C28H30N6O3. The van der Waals surface area contributed by atoms with Gasteiger partial charge in [-0.15, -0.1) is 0 Å². The zero-order chi connectivity index (χ0) is 26.4. The molecule has 3 aromatic rings. The molecule has 0 saturated heterocycles. The molecule has 3 aromatic carbocycles. The van der Waals surface area contributed by atoms with Crippen LogP contribution in [0.3, 0.4) is 0 Å². The summed E-state index contributed by atoms with van der Waals surface area (Å²) in [5.41, 5.74) is 10.0. The number of nitrogens with one attached hydrogen (secondary N) is 1. The first kappa shape index (κ1) is 25.4. The Kier molecular flexibility index (Phi) is 7.83. The number of carbonyl (C=O) groups excluding carboxylic acids is 3. The van der Waals surface area contributed by atoms with Crippen molar-refractivity contribution in [2.75, 3.05) is 23.8 Å². The summed E-state index contributed by atoms with van der Waals surface area (Å²) in [7, 11) is 1.69. The van der Waals surface area contributed by atoms with Gasteiger partial charge in [-0.1, -0.05) is 48.5 Å². The van der Waals surface area contributed by atoms with Crippen molar-refractivity contribution in [1.29, 1.82) is 0 Å². The Bertz CT molecular complexity index is 1310. The molecule has 37 heavy (non-hydrogen) atoms. The number of anilines is 2. The first-order valence-electron chi connectivity index (χ1n) is 12.0. The Balaban J connectivity index is 1.57. The molecule has 1 unspecified atom stereocenters. The van der Waals surface area contributed by atoms with E-state index >= 15 is 0 Å². The lowest BCUT2D eigenvalue weighted by Crippen LogP contribution is -2.43. The van der Waals surface area contributed by atoms with Crippen LogP contribution in [0.25, 0.3) is 0 Å². The zero-order valence-corrected chi connectivity index (χ0v) is 20.6. The van der Waals surface area contributed by atoms with Crippen LogP contribution in [0.2, 0.25) is 0 Å². The monoisotopic (exact) mass is 498 g/mol. The number of fused-ring (bicyclic) bond motifs is 1. The molecule has 3 amide bonds. The minimum absolute atomic E-state index is 0.142. The third-order valence-corrected chi connectivity index (χ3v) is 6.38. The van der Waals surface area contributed by atoms with Crippen LogP contribution in [0, 0.1) is 0 Å². The van der Waals surface area contributed by atoms with E-state index in [0.29, 0.717) is 36.4 Å². The summed E-state index contributed by atoms with van der Waals surface area (Å²) in [6, 6.07) is 21.7. The van der Waals surface area contributed by atoms with Gasteiger partial charge in [0.05, 0.1) is 12.6 Å². The summed E-state index contributed by atoms with van der Waals surface area (Å²) in [5.74, 6) is 4.21. The highest BCUT2D eigenvalue weighted by atomic mass is 16.2. The Hall–Kier alpha value is -4.66. The first-order valence-corrected chi connectivity index (χ1v) is 12.0. The third kappa shape index (κ3) is 6.13. The van der Waals surface area contributed by atoms with Crippen LogP contribution < -0.4 is 21.8 Å². The lowest BCUT2D eigenvalue weighted by atomic mass is 10.1. The molecule has 0 fully saturated rings. The molecule has 0 aromatic heterocycles. The fourth-order valence-electron chi connectivity index (χ4n) is 4.35. The summed E-state index contributed by atoms with van der Waals surface area (Å²) < 4.78 is 0. The van der Waals surface area contributed by atoms with Gasteiger partial charge in [0.25, 0.3) is 5.91 Å². The van der Waals surface area contributed by atoms with Crippen LogP contribution in [0.5, 0.6) is 0 Å². The van der Waals surface area contributed by atoms with Crippen LogP contribution >= 0.6 is 0 Å². The zero-order valence-electron chi connectivity index (χ0n) is 20.6. The second kappa shape index (κ2) is 11.4. The van der Waals surface area contributed by atoms with Gasteiger partial charge in [-0.25, -0.2) is 0 Å². The van der Waals surface area contributed by atoms with E-state index in [0.717, 1.165) is 16.7 Å². The minimum Gasteiger partial charge on any atom is -0.373 e. The van der Waals surface area contributed by atoms with Gasteiger partial charge in [-0.3, -0.25) is 14.4 Å². The van der Waals surface area contributed by atoms with Gasteiger partial charge in [0.2, 0.25) is 11.8 Å². The molecule has 0 saturated carbocycles. The molecule has 5 N–H and O–H groups in total. The summed E-state index contributed by atoms with van der Waals surface area (Å²) >= 11 is 0. The maximum atomic E-state index is 13.3. The Morgan fingerprint density at radius 1 is 1.11 bits per heavy atom. The number of rotatable bonds is 8. The van der Waals surface area contributed by atoms with Crippen molar-refractivity contribution in [3.63, 3.8) is 0 Å². The molecule has 190 valence electrons. The molecule has 1 heterocycles. The molecule has 1 aliphatic rings. The van der Waals surface area contributed by atoms with E-state index < -0.39 is 11.9 Å². The van der Waals surface area contributed by atoms with E-state index in [1.165, 1.54) is 6.21 Å². The van der Waals surface area contributed by atoms with Crippen LogP contribution in [0.1, 0.15) is 33.5 Å². The fourth-order valence-corrected chi connectivity index (χ4v) is 4.35. The van der Waals surface area contributed by atoms with E-state index in [1.807, 2.05) is 60.7 Å². The molecule has 4 rings (SSSR count). The highest BCUT2D eigenvalue weighted by Crippen LogP contribution is 2.27. The average Bonchev–Trinajstić information content (AvgIpc) is 3.03. The molecule has 0 radical (unpaired) electrons. The summed E-state index contributed by atoms with van der Waals surface area (Å²) in [6.07, 6.45) is 2.07. The molecular weight excluding hydrogens is 468 g/mol. The fraction of sp³-hybridized carbons (Fsp3) is 0.214. The number of carbonyl (C=O) groups is 3. The lowest BCUT2D eigenvalue weighted by molar-refractivity contribution is -0.134. The number of hydrazone groups is 1. The normalized spacial score (nSPS) is 15.1. The minimum atomic E-state index is -0.811. The van der Waals surface area contributed by atoms with Crippen molar-refractivity contribution in [1.82, 2.24) is 4.90 Å². The Morgan fingerprint density at radius 3 is 2.51 bits per heavy atom. The number of nitrogens with two attached hydrogens (primary N) is 2. The first-order chi connectivity index (χ1) is 17.9. The van der Waals surface area contributed by atoms with Crippen molar-refractivity contribution < 1.29 is 14.4 Å². The number of nitrogens with zero attached hydrogens (tertiary/aromatic N) is 3. The van der Waals surface area contributed by atoms with Gasteiger partial charge < -0.3 is 26.7 Å². The van der Waals surface area contributed by atoms with E-state index in [9.17, 15) is 14.4 Å². The van der Waals surface area contributed by atoms with Gasteiger partial charge >= 0.3 is 0 Å². The molecule has 9 nitrogen and oxygen atoms in total. The van der Waals surface area contributed by atoms with Crippen molar-refractivity contribution in [2.24, 2.45) is 16.7 Å². The summed E-state index contributed by atoms with van der Waals surface area (Å²) in [5, 5.41) is 6.68. The van der Waals surface area contributed by atoms with Gasteiger partial charge in [-0.05, 0) is 47.4 Å². The van der Waals surface area contributed by atoms with Crippen LogP contribution in [0.15, 0.2) is 77.9 Å². The van der Waals surface area contributed by atoms with Gasteiger partial charge in [-0.2, -0.15) is 5.10 Å². The van der Waals surface area contributed by atoms with Gasteiger partial charge in [0, 0.05) is 37.1 Å². The number of hydrogen-bond acceptors (Lipinski definition) is 6. The molecule has 9 heteroatoms. The Labute approximate surface area is 215 Å². The summed E-state index contributed by atoms with van der Waals surface area (Å²) in [4.78, 5) is 41.6. The van der Waals surface area contributed by atoms with E-state index in [2.05, 4.69) is 10.4 Å². The van der Waals surface area contributed by atoms with E-state index in [4.69, 9.17) is 11.6 Å². The van der Waals surface area contributed by atoms with Crippen molar-refractivity contribution in [2.45, 2.75) is 25.4 Å². The van der Waals surface area contributed by atoms with Gasteiger partial charge in [0.1, 0.15) is 6.04 Å². The van der Waals surface area contributed by atoms with E-state index in [1.54, 1.807) is 29.0 Å². The van der Waals surface area contributed by atoms with Crippen LogP contribution in [0.4, 0.5) is 11.4 Å². The molecule has 0 aliphatic carbocycles. The van der Waals surface area contributed by atoms with Crippen molar-refractivity contribution in [3.05, 3.63) is 95.1 Å². The predicted molar refractivity (Wildman–Crippen MR) is 144 cm³/mol. The molecule has 0 bridgehead atoms. The average molecular weight is 499 g/mol. The number of hydrogen-bond donors (Lipinski definition) is 3. The molecule has 1 aliphatic heterocycles. The van der Waals surface area contributed by atoms with Crippen molar-refractivity contribution in [3.8, 4) is 0 Å². The second-order valence-electron chi connectivity index (χ2n) is 8.97. The molecule has 0 spiro atoms. The maximum Gasteiger partial charge on any atom is 0.258 e. The van der Waals surface area contributed by atoms with Crippen LogP contribution in [-0.2, 0) is 22.6 Å². The highest BCUT2D eigenvalue weighted by Gasteiger charge is 2.30.